The smallest absolute Gasteiger partial charge is 0.149 e. The molecule has 2 aromatic rings. The Morgan fingerprint density at radius 3 is 2.69 bits per heavy atom. The highest BCUT2D eigenvalue weighted by atomic mass is 35.5. The van der Waals surface area contributed by atoms with Crippen LogP contribution in [0.3, 0.4) is 0 Å². The van der Waals surface area contributed by atoms with E-state index in [9.17, 15) is 4.39 Å². The lowest BCUT2D eigenvalue weighted by Gasteiger charge is -2.04. The van der Waals surface area contributed by atoms with Crippen LogP contribution in [0.2, 0.25) is 5.02 Å². The Bertz CT molecular complexity index is 503. The third kappa shape index (κ3) is 2.06. The van der Waals surface area contributed by atoms with Crippen LogP contribution in [-0.4, -0.2) is 9.78 Å². The Morgan fingerprint density at radius 2 is 2.19 bits per heavy atom. The highest BCUT2D eigenvalue weighted by Gasteiger charge is 2.09. The molecule has 0 bridgehead atoms. The molecule has 1 aromatic carbocycles. The van der Waals surface area contributed by atoms with Gasteiger partial charge in [-0.05, 0) is 24.6 Å². The van der Waals surface area contributed by atoms with Crippen molar-refractivity contribution in [1.29, 1.82) is 0 Å². The van der Waals surface area contributed by atoms with Crippen LogP contribution in [0.15, 0.2) is 24.4 Å². The third-order valence-electron chi connectivity index (χ3n) is 2.25. The van der Waals surface area contributed by atoms with Gasteiger partial charge in [-0.3, -0.25) is 0 Å². The van der Waals surface area contributed by atoms with E-state index in [0.29, 0.717) is 16.4 Å². The number of alkyl halides is 1. The summed E-state index contributed by atoms with van der Waals surface area (Å²) < 4.78 is 15.1. The van der Waals surface area contributed by atoms with Crippen LogP contribution < -0.4 is 0 Å². The van der Waals surface area contributed by atoms with Gasteiger partial charge in [-0.2, -0.15) is 5.10 Å². The van der Waals surface area contributed by atoms with Crippen molar-refractivity contribution in [3.8, 4) is 5.69 Å². The first-order valence-corrected chi connectivity index (χ1v) is 5.59. The second-order valence-corrected chi connectivity index (χ2v) is 4.10. The zero-order chi connectivity index (χ0) is 11.7. The van der Waals surface area contributed by atoms with Crippen LogP contribution >= 0.6 is 23.2 Å². The van der Waals surface area contributed by atoms with Crippen molar-refractivity contribution < 1.29 is 4.39 Å². The number of rotatable bonds is 2. The second-order valence-electron chi connectivity index (χ2n) is 3.43. The number of nitrogens with zero attached hydrogens (tertiary/aromatic N) is 2. The van der Waals surface area contributed by atoms with Crippen molar-refractivity contribution in [2.24, 2.45) is 0 Å². The molecule has 0 aliphatic rings. The zero-order valence-corrected chi connectivity index (χ0v) is 10.1. The molecule has 16 heavy (non-hydrogen) atoms. The number of benzene rings is 1. The molecule has 1 aromatic heterocycles. The van der Waals surface area contributed by atoms with E-state index in [1.165, 1.54) is 10.7 Å². The molecule has 0 spiro atoms. The third-order valence-corrected chi connectivity index (χ3v) is 2.93. The van der Waals surface area contributed by atoms with E-state index in [0.717, 1.165) is 5.56 Å². The summed E-state index contributed by atoms with van der Waals surface area (Å²) in [7, 11) is 0. The first-order chi connectivity index (χ1) is 7.61. The molecule has 0 saturated heterocycles. The van der Waals surface area contributed by atoms with Crippen LogP contribution in [0.5, 0.6) is 0 Å². The normalized spacial score (nSPS) is 10.8. The monoisotopic (exact) mass is 258 g/mol. The molecular weight excluding hydrogens is 250 g/mol. The van der Waals surface area contributed by atoms with Crippen molar-refractivity contribution in [3.63, 3.8) is 0 Å². The van der Waals surface area contributed by atoms with Gasteiger partial charge in [0, 0.05) is 12.1 Å². The van der Waals surface area contributed by atoms with Gasteiger partial charge in [0.15, 0.2) is 0 Å². The molecule has 0 amide bonds. The summed E-state index contributed by atoms with van der Waals surface area (Å²) in [5.74, 6) is -0.0758. The summed E-state index contributed by atoms with van der Waals surface area (Å²) in [6.45, 7) is 1.77. The number of aromatic nitrogens is 2. The summed E-state index contributed by atoms with van der Waals surface area (Å²) in [6.07, 6.45) is 1.58. The van der Waals surface area contributed by atoms with Crippen molar-refractivity contribution >= 4 is 23.2 Å². The fourth-order valence-corrected chi connectivity index (χ4v) is 1.68. The minimum Gasteiger partial charge on any atom is -0.236 e. The summed E-state index contributed by atoms with van der Waals surface area (Å²) in [6, 6.07) is 4.79. The Balaban J connectivity index is 2.48. The first kappa shape index (κ1) is 11.4. The van der Waals surface area contributed by atoms with Gasteiger partial charge < -0.3 is 0 Å². The van der Waals surface area contributed by atoms with E-state index in [2.05, 4.69) is 5.10 Å². The van der Waals surface area contributed by atoms with Gasteiger partial charge in [-0.25, -0.2) is 9.07 Å². The molecule has 5 heteroatoms. The summed E-state index contributed by atoms with van der Waals surface area (Å²) in [4.78, 5) is 0. The molecule has 0 radical (unpaired) electrons. The van der Waals surface area contributed by atoms with E-state index < -0.39 is 0 Å². The van der Waals surface area contributed by atoms with E-state index in [1.807, 2.05) is 0 Å². The molecule has 2 rings (SSSR count). The topological polar surface area (TPSA) is 17.8 Å². The van der Waals surface area contributed by atoms with Gasteiger partial charge in [-0.15, -0.1) is 11.6 Å². The Labute approximate surface area is 103 Å². The number of hydrogen-bond donors (Lipinski definition) is 0. The molecule has 0 unspecified atom stereocenters. The average Bonchev–Trinajstić information content (AvgIpc) is 2.58. The Morgan fingerprint density at radius 1 is 1.44 bits per heavy atom. The molecule has 0 atom stereocenters. The lowest BCUT2D eigenvalue weighted by Crippen LogP contribution is -1.99. The molecule has 0 saturated carbocycles. The van der Waals surface area contributed by atoms with Crippen molar-refractivity contribution in [3.05, 3.63) is 46.5 Å². The Kier molecular flexibility index (Phi) is 3.17. The first-order valence-electron chi connectivity index (χ1n) is 4.68. The molecule has 0 fully saturated rings. The van der Waals surface area contributed by atoms with E-state index in [1.54, 1.807) is 25.3 Å². The fraction of sp³-hybridized carbons (Fsp3) is 0.182. The summed E-state index contributed by atoms with van der Waals surface area (Å²) >= 11 is 11.5. The molecular formula is C11H9Cl2FN2. The van der Waals surface area contributed by atoms with Gasteiger partial charge in [0.25, 0.3) is 0 Å². The quantitative estimate of drug-likeness (QED) is 0.751. The van der Waals surface area contributed by atoms with Crippen molar-refractivity contribution in [1.82, 2.24) is 9.78 Å². The van der Waals surface area contributed by atoms with Crippen LogP contribution in [0.1, 0.15) is 11.3 Å². The van der Waals surface area contributed by atoms with Crippen molar-refractivity contribution in [2.75, 3.05) is 0 Å². The number of halogens is 3. The van der Waals surface area contributed by atoms with Gasteiger partial charge >= 0.3 is 0 Å². The largest absolute Gasteiger partial charge is 0.236 e. The predicted molar refractivity (Wildman–Crippen MR) is 62.8 cm³/mol. The van der Waals surface area contributed by atoms with Crippen LogP contribution in [-0.2, 0) is 5.88 Å². The molecule has 0 aliphatic carbocycles. The maximum Gasteiger partial charge on any atom is 0.149 e. The van der Waals surface area contributed by atoms with Gasteiger partial charge in [0.2, 0.25) is 0 Å². The lowest BCUT2D eigenvalue weighted by molar-refractivity contribution is 0.609. The number of hydrogen-bond acceptors (Lipinski definition) is 1. The highest BCUT2D eigenvalue weighted by Crippen LogP contribution is 2.19. The number of aryl methyl sites for hydroxylation is 1. The molecule has 2 nitrogen and oxygen atoms in total. The summed E-state index contributed by atoms with van der Waals surface area (Å²) in [5, 5.41) is 4.62. The standard InChI is InChI=1S/C11H9Cl2FN2/c1-7-9(13)6-16(15-7)11-3-2-8(5-12)4-10(11)14/h2-4,6H,5H2,1H3. The van der Waals surface area contributed by atoms with E-state index in [4.69, 9.17) is 23.2 Å². The highest BCUT2D eigenvalue weighted by molar-refractivity contribution is 6.31. The van der Waals surface area contributed by atoms with Crippen LogP contribution in [0, 0.1) is 12.7 Å². The minimum absolute atomic E-state index is 0.288. The predicted octanol–water partition coefficient (Wildman–Crippen LogP) is 3.71. The van der Waals surface area contributed by atoms with Gasteiger partial charge in [0.05, 0.1) is 10.7 Å². The average molecular weight is 259 g/mol. The molecule has 0 N–H and O–H groups in total. The SMILES string of the molecule is Cc1nn(-c2ccc(CCl)cc2F)cc1Cl. The summed E-state index contributed by atoms with van der Waals surface area (Å²) in [5.41, 5.74) is 1.77. The van der Waals surface area contributed by atoms with Crippen LogP contribution in [0.4, 0.5) is 4.39 Å². The maximum absolute atomic E-state index is 13.7. The maximum atomic E-state index is 13.7. The minimum atomic E-state index is -0.364. The lowest BCUT2D eigenvalue weighted by atomic mass is 10.2. The molecule has 1 heterocycles. The second kappa shape index (κ2) is 4.44. The van der Waals surface area contributed by atoms with Crippen LogP contribution in [0.25, 0.3) is 5.69 Å². The molecule has 0 aliphatic heterocycles. The zero-order valence-electron chi connectivity index (χ0n) is 8.54. The van der Waals surface area contributed by atoms with E-state index in [-0.39, 0.29) is 11.7 Å². The van der Waals surface area contributed by atoms with Crippen molar-refractivity contribution in [2.45, 2.75) is 12.8 Å². The van der Waals surface area contributed by atoms with Gasteiger partial charge in [0.1, 0.15) is 11.5 Å². The van der Waals surface area contributed by atoms with E-state index >= 15 is 0 Å². The fourth-order valence-electron chi connectivity index (χ4n) is 1.38. The van der Waals surface area contributed by atoms with Gasteiger partial charge in [-0.1, -0.05) is 17.7 Å². The molecule has 84 valence electrons. The Hall–Kier alpha value is -1.06.